The summed E-state index contributed by atoms with van der Waals surface area (Å²) in [6.45, 7) is 8.09. The molecule has 0 aromatic rings. The number of rotatable bonds is 11. The van der Waals surface area contributed by atoms with Crippen LogP contribution in [-0.4, -0.2) is 34.6 Å². The highest BCUT2D eigenvalue weighted by Gasteiger charge is 2.29. The molecule has 0 saturated carbocycles. The topological polar surface area (TPSA) is 12.0 Å². The first-order chi connectivity index (χ1) is 9.79. The summed E-state index contributed by atoms with van der Waals surface area (Å²) in [6.07, 6.45) is 11.3. The smallest absolute Gasteiger partial charge is 0.0317 e. The second kappa shape index (κ2) is 12.2. The lowest BCUT2D eigenvalue weighted by atomic mass is 10.0. The normalized spacial score (nSPS) is 24.8. The molecule has 0 bridgehead atoms. The van der Waals surface area contributed by atoms with E-state index in [2.05, 4.69) is 49.6 Å². The Bertz CT molecular complexity index is 223. The summed E-state index contributed by atoms with van der Waals surface area (Å²) in [7, 11) is 0. The highest BCUT2D eigenvalue weighted by molar-refractivity contribution is 8.07. The Labute approximate surface area is 135 Å². The van der Waals surface area contributed by atoms with Crippen LogP contribution in [0, 0.1) is 0 Å². The van der Waals surface area contributed by atoms with Gasteiger partial charge < -0.3 is 5.32 Å². The summed E-state index contributed by atoms with van der Waals surface area (Å²) >= 11 is 4.38. The summed E-state index contributed by atoms with van der Waals surface area (Å²) in [5, 5.41) is 5.41. The molecule has 0 amide bonds. The molecule has 1 aliphatic heterocycles. The third-order valence-electron chi connectivity index (χ3n) is 4.22. The maximum absolute atomic E-state index is 3.76. The SMILES string of the molecule is CCCCCCCCCC(NCC)C1SCCSC1C. The minimum absolute atomic E-state index is 0.739. The summed E-state index contributed by atoms with van der Waals surface area (Å²) < 4.78 is 0. The van der Waals surface area contributed by atoms with E-state index in [1.165, 1.54) is 62.9 Å². The fourth-order valence-electron chi connectivity index (χ4n) is 3.06. The molecule has 0 aromatic heterocycles. The number of nitrogens with one attached hydrogen (secondary N) is 1. The summed E-state index contributed by atoms with van der Waals surface area (Å²) in [5.74, 6) is 2.69. The van der Waals surface area contributed by atoms with Gasteiger partial charge in [0.2, 0.25) is 0 Å². The molecule has 20 heavy (non-hydrogen) atoms. The monoisotopic (exact) mass is 317 g/mol. The van der Waals surface area contributed by atoms with Crippen LogP contribution in [0.15, 0.2) is 0 Å². The van der Waals surface area contributed by atoms with Gasteiger partial charge in [-0.25, -0.2) is 0 Å². The van der Waals surface area contributed by atoms with E-state index in [-0.39, 0.29) is 0 Å². The number of hydrogen-bond donors (Lipinski definition) is 1. The van der Waals surface area contributed by atoms with Crippen LogP contribution in [-0.2, 0) is 0 Å². The quantitative estimate of drug-likeness (QED) is 0.516. The van der Waals surface area contributed by atoms with Crippen LogP contribution in [0.5, 0.6) is 0 Å². The Morgan fingerprint density at radius 1 is 0.950 bits per heavy atom. The zero-order chi connectivity index (χ0) is 14.6. The van der Waals surface area contributed by atoms with E-state index < -0.39 is 0 Å². The lowest BCUT2D eigenvalue weighted by molar-refractivity contribution is 0.446. The third kappa shape index (κ3) is 7.61. The second-order valence-corrected chi connectivity index (χ2v) is 8.76. The van der Waals surface area contributed by atoms with E-state index in [0.717, 1.165) is 23.1 Å². The van der Waals surface area contributed by atoms with Crippen molar-refractivity contribution in [1.82, 2.24) is 5.32 Å². The molecule has 1 rings (SSSR count). The van der Waals surface area contributed by atoms with Gasteiger partial charge in [0.15, 0.2) is 0 Å². The Balaban J connectivity index is 2.18. The van der Waals surface area contributed by atoms with Crippen molar-refractivity contribution in [1.29, 1.82) is 0 Å². The molecular formula is C17H35NS2. The Hall–Kier alpha value is 0.660. The minimum atomic E-state index is 0.739. The van der Waals surface area contributed by atoms with Gasteiger partial charge in [0.05, 0.1) is 0 Å². The third-order valence-corrected chi connectivity index (χ3v) is 7.47. The molecule has 0 radical (unpaired) electrons. The predicted octanol–water partition coefficient (Wildman–Crippen LogP) is 5.34. The fourth-order valence-corrected chi connectivity index (χ4v) is 6.06. The van der Waals surface area contributed by atoms with E-state index >= 15 is 0 Å². The van der Waals surface area contributed by atoms with Crippen molar-refractivity contribution in [3.05, 3.63) is 0 Å². The van der Waals surface area contributed by atoms with Crippen LogP contribution in [0.4, 0.5) is 0 Å². The van der Waals surface area contributed by atoms with Gasteiger partial charge in [0.25, 0.3) is 0 Å². The Kier molecular flexibility index (Phi) is 11.4. The first-order valence-electron chi connectivity index (χ1n) is 8.76. The Morgan fingerprint density at radius 3 is 2.25 bits per heavy atom. The molecule has 0 spiro atoms. The molecular weight excluding hydrogens is 282 g/mol. The van der Waals surface area contributed by atoms with Gasteiger partial charge in [-0.05, 0) is 13.0 Å². The average Bonchev–Trinajstić information content (AvgIpc) is 2.46. The van der Waals surface area contributed by atoms with Crippen LogP contribution >= 0.6 is 23.5 Å². The lowest BCUT2D eigenvalue weighted by Gasteiger charge is -2.35. The molecule has 1 fully saturated rings. The van der Waals surface area contributed by atoms with Crippen molar-refractivity contribution in [2.45, 2.75) is 88.7 Å². The highest BCUT2D eigenvalue weighted by Crippen LogP contribution is 2.34. The van der Waals surface area contributed by atoms with Crippen LogP contribution in [0.25, 0.3) is 0 Å². The molecule has 3 atom stereocenters. The van der Waals surface area contributed by atoms with Crippen molar-refractivity contribution in [3.8, 4) is 0 Å². The maximum Gasteiger partial charge on any atom is 0.0317 e. The van der Waals surface area contributed by atoms with Crippen molar-refractivity contribution < 1.29 is 0 Å². The molecule has 1 heterocycles. The van der Waals surface area contributed by atoms with Gasteiger partial charge in [0.1, 0.15) is 0 Å². The molecule has 1 N–H and O–H groups in total. The van der Waals surface area contributed by atoms with E-state index in [9.17, 15) is 0 Å². The van der Waals surface area contributed by atoms with Crippen LogP contribution < -0.4 is 5.32 Å². The predicted molar refractivity (Wildman–Crippen MR) is 98.2 cm³/mol. The maximum atomic E-state index is 3.76. The molecule has 1 nitrogen and oxygen atoms in total. The van der Waals surface area contributed by atoms with Crippen molar-refractivity contribution in [2.75, 3.05) is 18.1 Å². The van der Waals surface area contributed by atoms with E-state index in [1.54, 1.807) is 0 Å². The zero-order valence-electron chi connectivity index (χ0n) is 13.8. The summed E-state index contributed by atoms with van der Waals surface area (Å²) in [6, 6.07) is 0.739. The lowest BCUT2D eigenvalue weighted by Crippen LogP contribution is -2.44. The molecule has 0 aliphatic carbocycles. The molecule has 1 saturated heterocycles. The van der Waals surface area contributed by atoms with E-state index in [1.807, 2.05) is 0 Å². The van der Waals surface area contributed by atoms with Crippen molar-refractivity contribution >= 4 is 23.5 Å². The molecule has 3 unspecified atom stereocenters. The molecule has 3 heteroatoms. The van der Waals surface area contributed by atoms with Crippen LogP contribution in [0.2, 0.25) is 0 Å². The molecule has 0 aromatic carbocycles. The Morgan fingerprint density at radius 2 is 1.60 bits per heavy atom. The van der Waals surface area contributed by atoms with E-state index in [0.29, 0.717) is 0 Å². The van der Waals surface area contributed by atoms with Crippen LogP contribution in [0.1, 0.15) is 72.1 Å². The second-order valence-electron chi connectivity index (χ2n) is 5.99. The number of unbranched alkanes of at least 4 members (excludes halogenated alkanes) is 6. The number of hydrogen-bond acceptors (Lipinski definition) is 3. The fraction of sp³-hybridized carbons (Fsp3) is 1.00. The minimum Gasteiger partial charge on any atom is -0.313 e. The molecule has 120 valence electrons. The van der Waals surface area contributed by atoms with Gasteiger partial charge in [-0.15, -0.1) is 0 Å². The van der Waals surface area contributed by atoms with Crippen LogP contribution in [0.3, 0.4) is 0 Å². The van der Waals surface area contributed by atoms with Crippen molar-refractivity contribution in [3.63, 3.8) is 0 Å². The van der Waals surface area contributed by atoms with E-state index in [4.69, 9.17) is 0 Å². The van der Waals surface area contributed by atoms with Gasteiger partial charge in [-0.3, -0.25) is 0 Å². The van der Waals surface area contributed by atoms with Gasteiger partial charge >= 0.3 is 0 Å². The van der Waals surface area contributed by atoms with Gasteiger partial charge in [-0.1, -0.05) is 65.7 Å². The number of thioether (sulfide) groups is 2. The molecule has 1 aliphatic rings. The summed E-state index contributed by atoms with van der Waals surface area (Å²) in [4.78, 5) is 0. The first-order valence-corrected chi connectivity index (χ1v) is 10.9. The largest absolute Gasteiger partial charge is 0.313 e. The highest BCUT2D eigenvalue weighted by atomic mass is 32.2. The standard InChI is InChI=1S/C17H35NS2/c1-4-6-7-8-9-10-11-12-16(18-5-2)17-15(3)19-13-14-20-17/h15-18H,4-14H2,1-3H3. The zero-order valence-corrected chi connectivity index (χ0v) is 15.5. The first kappa shape index (κ1) is 18.7. The van der Waals surface area contributed by atoms with Crippen molar-refractivity contribution in [2.24, 2.45) is 0 Å². The summed E-state index contributed by atoms with van der Waals surface area (Å²) in [5.41, 5.74) is 0. The van der Waals surface area contributed by atoms with Gasteiger partial charge in [-0.2, -0.15) is 23.5 Å². The average molecular weight is 318 g/mol. The van der Waals surface area contributed by atoms with Gasteiger partial charge in [0, 0.05) is 28.0 Å².